The zero-order valence-electron chi connectivity index (χ0n) is 26.6. The van der Waals surface area contributed by atoms with Gasteiger partial charge in [0.2, 0.25) is 0 Å². The maximum Gasteiger partial charge on any atom is 0.412 e. The van der Waals surface area contributed by atoms with Gasteiger partial charge in [-0.15, -0.1) is 20.4 Å². The van der Waals surface area contributed by atoms with Crippen molar-refractivity contribution in [3.8, 4) is 23.0 Å². The Kier molecular flexibility index (Phi) is 10.7. The summed E-state index contributed by atoms with van der Waals surface area (Å²) in [7, 11) is 0. The number of nitrogens with zero attached hydrogens (tertiary/aromatic N) is 8. The summed E-state index contributed by atoms with van der Waals surface area (Å²) in [5.74, 6) is 1.21. The molecule has 0 aliphatic carbocycles. The molecule has 15 heteroatoms. The average Bonchev–Trinajstić information content (AvgIpc) is 3.60. The molecule has 6 aromatic rings. The molecule has 0 atom stereocenters. The molecule has 0 spiro atoms. The maximum absolute atomic E-state index is 11.9. The largest absolute Gasteiger partial charge is 0.444 e. The second kappa shape index (κ2) is 14.5. The summed E-state index contributed by atoms with van der Waals surface area (Å²) in [4.78, 5) is 32.3. The molecule has 14 nitrogen and oxygen atoms in total. The summed E-state index contributed by atoms with van der Waals surface area (Å²) in [6.07, 6.45) is 5.85. The van der Waals surface area contributed by atoms with E-state index >= 15 is 0 Å². The zero-order valence-corrected chi connectivity index (χ0v) is 28.9. The minimum atomic E-state index is -0.552. The first kappa shape index (κ1) is 34.6. The van der Waals surface area contributed by atoms with Crippen molar-refractivity contribution >= 4 is 34.9 Å². The molecular formula is C32H34N10O4Pt. The number of aromatic nitrogens is 8. The Labute approximate surface area is 285 Å². The van der Waals surface area contributed by atoms with Crippen LogP contribution in [0.5, 0.6) is 0 Å². The minimum Gasteiger partial charge on any atom is -0.444 e. The predicted molar refractivity (Wildman–Crippen MR) is 172 cm³/mol. The van der Waals surface area contributed by atoms with Gasteiger partial charge >= 0.3 is 12.2 Å². The number of hydrogen-bond donors (Lipinski definition) is 2. The summed E-state index contributed by atoms with van der Waals surface area (Å²) in [6.45, 7) is 10.9. The molecule has 2 amide bonds. The summed E-state index contributed by atoms with van der Waals surface area (Å²) < 4.78 is 14.0. The molecule has 0 aromatic carbocycles. The van der Waals surface area contributed by atoms with Gasteiger partial charge in [-0.25, -0.2) is 9.59 Å². The molecule has 0 aliphatic heterocycles. The van der Waals surface area contributed by atoms with Crippen molar-refractivity contribution in [2.24, 2.45) is 0 Å². The first-order valence-corrected chi connectivity index (χ1v) is 14.4. The molecule has 0 saturated heterocycles. The van der Waals surface area contributed by atoms with Crippen molar-refractivity contribution in [2.75, 3.05) is 10.6 Å². The van der Waals surface area contributed by atoms with Crippen molar-refractivity contribution < 1.29 is 40.1 Å². The van der Waals surface area contributed by atoms with Crippen LogP contribution in [0.15, 0.2) is 85.5 Å². The quantitative estimate of drug-likeness (QED) is 0.207. The molecule has 0 bridgehead atoms. The van der Waals surface area contributed by atoms with Crippen LogP contribution in [0.1, 0.15) is 41.5 Å². The number of amides is 2. The summed E-state index contributed by atoms with van der Waals surface area (Å²) >= 11 is 0. The van der Waals surface area contributed by atoms with Crippen molar-refractivity contribution in [1.82, 2.24) is 39.2 Å². The normalized spacial score (nSPS) is 11.2. The third-order valence-electron chi connectivity index (χ3n) is 5.88. The number of nitrogens with one attached hydrogen (secondary N) is 2. The summed E-state index contributed by atoms with van der Waals surface area (Å²) in [5, 5.41) is 21.9. The summed E-state index contributed by atoms with van der Waals surface area (Å²) in [5.41, 5.74) is 2.81. The number of anilines is 2. The van der Waals surface area contributed by atoms with Gasteiger partial charge in [0.15, 0.2) is 22.9 Å². The molecule has 0 saturated carbocycles. The fourth-order valence-corrected chi connectivity index (χ4v) is 4.11. The molecule has 0 fully saturated rings. The second-order valence-electron chi connectivity index (χ2n) is 12.0. The van der Waals surface area contributed by atoms with E-state index < -0.39 is 23.4 Å². The SMILES string of the molecule is CC(C)(C)OC(=O)Nc1ccc2nnc(-c3ccccn3)n2c1.CC(C)(C)OC(=O)Nc1ccc2nnc(-c3ccccn3)n2c1.[Pt]. The Morgan fingerprint density at radius 3 is 1.34 bits per heavy atom. The molecular weight excluding hydrogens is 783 g/mol. The first-order chi connectivity index (χ1) is 21.8. The van der Waals surface area contributed by atoms with Crippen LogP contribution in [0.25, 0.3) is 34.3 Å². The Balaban J connectivity index is 0.000000208. The van der Waals surface area contributed by atoms with Gasteiger partial charge in [-0.1, -0.05) is 12.1 Å². The van der Waals surface area contributed by atoms with Gasteiger partial charge in [-0.05, 0) is 90.1 Å². The molecule has 47 heavy (non-hydrogen) atoms. The molecule has 246 valence electrons. The van der Waals surface area contributed by atoms with E-state index in [2.05, 4.69) is 41.0 Å². The van der Waals surface area contributed by atoms with Crippen LogP contribution in [-0.4, -0.2) is 62.6 Å². The Bertz CT molecular complexity index is 1820. The number of ether oxygens (including phenoxy) is 2. The Morgan fingerprint density at radius 1 is 0.596 bits per heavy atom. The minimum absolute atomic E-state index is 0. The van der Waals surface area contributed by atoms with Crippen LogP contribution in [0, 0.1) is 0 Å². The van der Waals surface area contributed by atoms with E-state index in [1.807, 2.05) is 77.9 Å². The van der Waals surface area contributed by atoms with E-state index in [0.29, 0.717) is 45.7 Å². The number of hydrogen-bond acceptors (Lipinski definition) is 10. The van der Waals surface area contributed by atoms with E-state index in [1.54, 1.807) is 57.9 Å². The average molecular weight is 818 g/mol. The van der Waals surface area contributed by atoms with Gasteiger partial charge in [0.25, 0.3) is 0 Å². The number of carbonyl (C=O) groups excluding carboxylic acids is 2. The molecule has 0 unspecified atom stereocenters. The van der Waals surface area contributed by atoms with Crippen LogP contribution in [0.3, 0.4) is 0 Å². The van der Waals surface area contributed by atoms with Gasteiger partial charge in [0, 0.05) is 45.9 Å². The van der Waals surface area contributed by atoms with Gasteiger partial charge in [0.05, 0.1) is 11.4 Å². The second-order valence-corrected chi connectivity index (χ2v) is 12.0. The van der Waals surface area contributed by atoms with Crippen LogP contribution in [0.2, 0.25) is 0 Å². The van der Waals surface area contributed by atoms with Gasteiger partial charge in [-0.3, -0.25) is 29.4 Å². The number of rotatable bonds is 4. The fraction of sp³-hybridized carbons (Fsp3) is 0.250. The third kappa shape index (κ3) is 9.39. The van der Waals surface area contributed by atoms with Crippen molar-refractivity contribution in [3.05, 3.63) is 85.5 Å². The van der Waals surface area contributed by atoms with E-state index in [1.165, 1.54) is 0 Å². The fourth-order valence-electron chi connectivity index (χ4n) is 4.11. The zero-order chi connectivity index (χ0) is 32.9. The Hall–Kier alpha value is -5.23. The Morgan fingerprint density at radius 2 is 1.00 bits per heavy atom. The van der Waals surface area contributed by atoms with Gasteiger partial charge < -0.3 is 9.47 Å². The molecule has 6 rings (SSSR count). The first-order valence-electron chi connectivity index (χ1n) is 14.4. The van der Waals surface area contributed by atoms with E-state index in [0.717, 1.165) is 0 Å². The van der Waals surface area contributed by atoms with Gasteiger partial charge in [-0.2, -0.15) is 0 Å². The van der Waals surface area contributed by atoms with Crippen LogP contribution in [-0.2, 0) is 30.5 Å². The van der Waals surface area contributed by atoms with Crippen molar-refractivity contribution in [2.45, 2.75) is 52.7 Å². The number of fused-ring (bicyclic) bond motifs is 2. The standard InChI is InChI=1S/2C16H17N5O2.Pt/c2*1-16(2,3)23-15(22)18-11-7-8-13-19-20-14(21(13)10-11)12-6-4-5-9-17-12;/h2*4-10H,1-3H3,(H,18,22);. The molecule has 6 aromatic heterocycles. The van der Waals surface area contributed by atoms with Crippen molar-refractivity contribution in [3.63, 3.8) is 0 Å². The molecule has 0 radical (unpaired) electrons. The smallest absolute Gasteiger partial charge is 0.412 e. The van der Waals surface area contributed by atoms with E-state index in [4.69, 9.17) is 9.47 Å². The number of pyridine rings is 4. The van der Waals surface area contributed by atoms with Crippen LogP contribution >= 0.6 is 0 Å². The number of carbonyl (C=O) groups is 2. The molecule has 2 N–H and O–H groups in total. The monoisotopic (exact) mass is 817 g/mol. The van der Waals surface area contributed by atoms with Gasteiger partial charge in [0.1, 0.15) is 22.6 Å². The van der Waals surface area contributed by atoms with Crippen LogP contribution in [0.4, 0.5) is 21.0 Å². The van der Waals surface area contributed by atoms with E-state index in [9.17, 15) is 9.59 Å². The topological polar surface area (TPSA) is 163 Å². The molecule has 0 aliphatic rings. The predicted octanol–water partition coefficient (Wildman–Crippen LogP) is 6.27. The van der Waals surface area contributed by atoms with Crippen LogP contribution < -0.4 is 10.6 Å². The maximum atomic E-state index is 11.9. The third-order valence-corrected chi connectivity index (χ3v) is 5.88. The molecule has 6 heterocycles. The summed E-state index contributed by atoms with van der Waals surface area (Å²) in [6, 6.07) is 18.2. The van der Waals surface area contributed by atoms with E-state index in [-0.39, 0.29) is 21.1 Å². The van der Waals surface area contributed by atoms with Crippen molar-refractivity contribution in [1.29, 1.82) is 0 Å².